The summed E-state index contributed by atoms with van der Waals surface area (Å²) in [5.41, 5.74) is 0. The van der Waals surface area contributed by atoms with Crippen LogP contribution in [0.25, 0.3) is 0 Å². The Labute approximate surface area is 342 Å². The Morgan fingerprint density at radius 1 is 0.554 bits per heavy atom. The van der Waals surface area contributed by atoms with E-state index in [2.05, 4.69) is 62.5 Å². The quantitative estimate of drug-likeness (QED) is 0.0198. The first-order chi connectivity index (χ1) is 27.1. The van der Waals surface area contributed by atoms with Crippen LogP contribution >= 0.6 is 0 Å². The van der Waals surface area contributed by atoms with Crippen molar-refractivity contribution in [2.75, 3.05) is 47.5 Å². The molecule has 324 valence electrons. The highest BCUT2D eigenvalue weighted by Crippen LogP contribution is 2.13. The highest BCUT2D eigenvalue weighted by Gasteiger charge is 2.21. The summed E-state index contributed by atoms with van der Waals surface area (Å²) in [5, 5.41) is 11.7. The lowest BCUT2D eigenvalue weighted by Crippen LogP contribution is -2.44. The van der Waals surface area contributed by atoms with Gasteiger partial charge in [-0.05, 0) is 70.6 Å². The number of carboxylic acids is 1. The summed E-state index contributed by atoms with van der Waals surface area (Å²) in [4.78, 5) is 36.9. The number of hydrogen-bond donors (Lipinski definition) is 0. The normalized spacial score (nSPS) is 13.4. The first kappa shape index (κ1) is 53.2. The number of allylic oxidation sites excluding steroid dienone is 8. The predicted molar refractivity (Wildman–Crippen MR) is 228 cm³/mol. The van der Waals surface area contributed by atoms with Gasteiger partial charge in [-0.1, -0.05) is 140 Å². The largest absolute Gasteiger partial charge is 0.545 e. The average molecular weight is 790 g/mol. The zero-order valence-electron chi connectivity index (χ0n) is 36.5. The van der Waals surface area contributed by atoms with Crippen LogP contribution in [0.4, 0.5) is 0 Å². The lowest BCUT2D eigenvalue weighted by Gasteiger charge is -2.26. The minimum Gasteiger partial charge on any atom is -0.545 e. The Bertz CT molecular complexity index is 1060. The van der Waals surface area contributed by atoms with E-state index >= 15 is 0 Å². The number of rotatable bonds is 40. The summed E-state index contributed by atoms with van der Waals surface area (Å²) in [6.45, 7) is 4.57. The number of carbonyl (C=O) groups is 3. The maximum atomic E-state index is 12.7. The van der Waals surface area contributed by atoms with E-state index in [9.17, 15) is 19.5 Å². The van der Waals surface area contributed by atoms with Gasteiger partial charge in [-0.25, -0.2) is 0 Å². The Morgan fingerprint density at radius 3 is 1.55 bits per heavy atom. The van der Waals surface area contributed by atoms with Crippen LogP contribution in [0.15, 0.2) is 48.6 Å². The number of hydrogen-bond acceptors (Lipinski definition) is 8. The first-order valence-corrected chi connectivity index (χ1v) is 22.3. The fourth-order valence-electron chi connectivity index (χ4n) is 5.84. The van der Waals surface area contributed by atoms with Gasteiger partial charge in [-0.2, -0.15) is 0 Å². The predicted octanol–water partition coefficient (Wildman–Crippen LogP) is 10.3. The van der Waals surface area contributed by atoms with Crippen molar-refractivity contribution in [2.24, 2.45) is 0 Å². The average Bonchev–Trinajstić information content (AvgIpc) is 3.15. The summed E-state index contributed by atoms with van der Waals surface area (Å²) in [5.74, 6) is -2.33. The van der Waals surface area contributed by atoms with Gasteiger partial charge in [0, 0.05) is 12.8 Å². The Balaban J connectivity index is 4.45. The zero-order chi connectivity index (χ0) is 41.4. The third kappa shape index (κ3) is 39.5. The van der Waals surface area contributed by atoms with Crippen LogP contribution in [0.3, 0.4) is 0 Å². The van der Waals surface area contributed by atoms with Gasteiger partial charge >= 0.3 is 11.9 Å². The molecule has 0 heterocycles. The molecule has 0 saturated heterocycles. The van der Waals surface area contributed by atoms with E-state index in [0.717, 1.165) is 70.6 Å². The van der Waals surface area contributed by atoms with Crippen LogP contribution in [0, 0.1) is 0 Å². The van der Waals surface area contributed by atoms with Gasteiger partial charge in [0.2, 0.25) is 0 Å². The molecule has 0 rings (SSSR count). The molecule has 0 aliphatic carbocycles. The Kier molecular flexibility index (Phi) is 37.2. The molecule has 0 amide bonds. The number of carboxylic acid groups (broad SMARTS) is 1. The molecule has 0 N–H and O–H groups in total. The van der Waals surface area contributed by atoms with Crippen molar-refractivity contribution in [3.8, 4) is 0 Å². The smallest absolute Gasteiger partial charge is 0.306 e. The van der Waals surface area contributed by atoms with Crippen LogP contribution in [0.1, 0.15) is 174 Å². The van der Waals surface area contributed by atoms with Crippen LogP contribution in [-0.2, 0) is 33.3 Å². The zero-order valence-corrected chi connectivity index (χ0v) is 36.5. The van der Waals surface area contributed by atoms with Crippen LogP contribution in [0.2, 0.25) is 0 Å². The Morgan fingerprint density at radius 2 is 1.02 bits per heavy atom. The molecule has 0 aromatic carbocycles. The molecule has 0 aliphatic rings. The van der Waals surface area contributed by atoms with Crippen molar-refractivity contribution in [2.45, 2.75) is 187 Å². The van der Waals surface area contributed by atoms with Crippen LogP contribution in [-0.4, -0.2) is 82.3 Å². The molecule has 0 bridgehead atoms. The molecule has 9 nitrogen and oxygen atoms in total. The standard InChI is InChI=1S/C47H83NO8/c1-6-8-10-12-14-16-18-20-21-22-23-24-26-27-29-31-33-35-37-44(49)54-41-43(42-55-47(46(51)52)53-40-39-48(3,4)5)56-45(50)38-36-34-32-30-28-25-19-17-15-13-11-9-7-2/h9,11,15,17,21-22,25,28,43,47H,6-8,10,12-14,16,18-20,23-24,26-27,29-42H2,1-5H3/b11-9-,17-15-,22-21-,28-25-. The highest BCUT2D eigenvalue weighted by molar-refractivity contribution is 5.70. The van der Waals surface area contributed by atoms with Gasteiger partial charge in [0.05, 0.1) is 40.3 Å². The second-order valence-electron chi connectivity index (χ2n) is 16.0. The molecular weight excluding hydrogens is 707 g/mol. The van der Waals surface area contributed by atoms with E-state index in [4.69, 9.17) is 18.9 Å². The van der Waals surface area contributed by atoms with E-state index in [1.54, 1.807) is 0 Å². The van der Waals surface area contributed by atoms with Crippen LogP contribution < -0.4 is 5.11 Å². The van der Waals surface area contributed by atoms with Crippen molar-refractivity contribution in [3.63, 3.8) is 0 Å². The van der Waals surface area contributed by atoms with Crippen molar-refractivity contribution in [1.82, 2.24) is 0 Å². The molecule has 0 saturated carbocycles. The first-order valence-electron chi connectivity index (χ1n) is 22.3. The third-order valence-corrected chi connectivity index (χ3v) is 9.31. The molecule has 0 radical (unpaired) electrons. The Hall–Kier alpha value is -2.75. The van der Waals surface area contributed by atoms with Gasteiger partial charge in [0.1, 0.15) is 13.2 Å². The molecule has 0 aromatic heterocycles. The molecule has 0 aliphatic heterocycles. The van der Waals surface area contributed by atoms with Gasteiger partial charge in [0.15, 0.2) is 12.4 Å². The maximum Gasteiger partial charge on any atom is 0.306 e. The van der Waals surface area contributed by atoms with E-state index in [1.807, 2.05) is 21.1 Å². The molecule has 0 spiro atoms. The number of nitrogens with zero attached hydrogens (tertiary/aromatic N) is 1. The molecule has 2 atom stereocenters. The number of carbonyl (C=O) groups excluding carboxylic acids is 3. The molecule has 56 heavy (non-hydrogen) atoms. The second-order valence-corrected chi connectivity index (χ2v) is 16.0. The molecule has 0 aromatic rings. The number of esters is 2. The van der Waals surface area contributed by atoms with Crippen LogP contribution in [0.5, 0.6) is 0 Å². The molecule has 0 fully saturated rings. The second kappa shape index (κ2) is 39.1. The third-order valence-electron chi connectivity index (χ3n) is 9.31. The van der Waals surface area contributed by atoms with Crippen molar-refractivity contribution < 1.29 is 42.9 Å². The SMILES string of the molecule is CC/C=C\C/C=C\C/C=C\CCCCCC(=O)OC(COC(=O)CCCCCCCCC/C=C\CCCCCCCCC)COC(OCC[N+](C)(C)C)C(=O)[O-]. The number of likely N-dealkylation sites (N-methyl/N-ethyl adjacent to an activating group) is 1. The summed E-state index contributed by atoms with van der Waals surface area (Å²) in [6.07, 6.45) is 41.5. The monoisotopic (exact) mass is 790 g/mol. The number of quaternary nitrogens is 1. The van der Waals surface area contributed by atoms with Crippen molar-refractivity contribution >= 4 is 17.9 Å². The van der Waals surface area contributed by atoms with Gasteiger partial charge in [-0.3, -0.25) is 9.59 Å². The fraction of sp³-hybridized carbons (Fsp3) is 0.766. The summed E-state index contributed by atoms with van der Waals surface area (Å²) in [6, 6.07) is 0. The van der Waals surface area contributed by atoms with Gasteiger partial charge < -0.3 is 33.3 Å². The molecule has 9 heteroatoms. The van der Waals surface area contributed by atoms with Gasteiger partial charge in [-0.15, -0.1) is 0 Å². The number of ether oxygens (including phenoxy) is 4. The van der Waals surface area contributed by atoms with E-state index < -0.39 is 24.3 Å². The molecular formula is C47H83NO8. The number of unbranched alkanes of at least 4 members (excludes halogenated alkanes) is 17. The van der Waals surface area contributed by atoms with E-state index in [-0.39, 0.29) is 38.6 Å². The van der Waals surface area contributed by atoms with Gasteiger partial charge in [0.25, 0.3) is 0 Å². The molecule has 2 unspecified atom stereocenters. The highest BCUT2D eigenvalue weighted by atomic mass is 16.7. The fourth-order valence-corrected chi connectivity index (χ4v) is 5.84. The number of aliphatic carboxylic acids is 1. The van der Waals surface area contributed by atoms with Crippen molar-refractivity contribution in [3.05, 3.63) is 48.6 Å². The summed E-state index contributed by atoms with van der Waals surface area (Å²) >= 11 is 0. The van der Waals surface area contributed by atoms with E-state index in [0.29, 0.717) is 17.4 Å². The topological polar surface area (TPSA) is 111 Å². The minimum absolute atomic E-state index is 0.140. The lowest BCUT2D eigenvalue weighted by molar-refractivity contribution is -0.870. The minimum atomic E-state index is -1.63. The summed E-state index contributed by atoms with van der Waals surface area (Å²) < 4.78 is 22.5. The van der Waals surface area contributed by atoms with Crippen molar-refractivity contribution in [1.29, 1.82) is 0 Å². The van der Waals surface area contributed by atoms with E-state index in [1.165, 1.54) is 70.6 Å². The summed E-state index contributed by atoms with van der Waals surface area (Å²) in [7, 11) is 5.89. The maximum absolute atomic E-state index is 12.7. The lowest BCUT2D eigenvalue weighted by atomic mass is 10.1.